The van der Waals surface area contributed by atoms with Crippen molar-refractivity contribution >= 4 is 39.1 Å². The lowest BCUT2D eigenvalue weighted by Gasteiger charge is -2.14. The number of hydrogen-bond donors (Lipinski definition) is 1. The number of hydrogen-bond acceptors (Lipinski definition) is 2. The molecule has 0 radical (unpaired) electrons. The minimum atomic E-state index is 0.444. The smallest absolute Gasteiger partial charge is 0.142 e. The van der Waals surface area contributed by atoms with E-state index in [0.29, 0.717) is 28.9 Å². The van der Waals surface area contributed by atoms with Gasteiger partial charge in [0.2, 0.25) is 0 Å². The Hall–Kier alpha value is -0.740. The SMILES string of the molecule is CNCc1cc(Cl)cc(Cl)c1OCc1ccccc1Br. The molecule has 0 atom stereocenters. The summed E-state index contributed by atoms with van der Waals surface area (Å²) in [6.07, 6.45) is 0. The lowest BCUT2D eigenvalue weighted by Crippen LogP contribution is -2.08. The van der Waals surface area contributed by atoms with Gasteiger partial charge in [0.25, 0.3) is 0 Å². The van der Waals surface area contributed by atoms with E-state index >= 15 is 0 Å². The maximum atomic E-state index is 6.23. The van der Waals surface area contributed by atoms with Gasteiger partial charge in [-0.3, -0.25) is 0 Å². The summed E-state index contributed by atoms with van der Waals surface area (Å²) in [5.74, 6) is 0.668. The number of ether oxygens (including phenoxy) is 1. The topological polar surface area (TPSA) is 21.3 Å². The Bertz CT molecular complexity index is 604. The fraction of sp³-hybridized carbons (Fsp3) is 0.200. The van der Waals surface area contributed by atoms with Crippen LogP contribution in [0.5, 0.6) is 5.75 Å². The Balaban J connectivity index is 2.22. The van der Waals surface area contributed by atoms with Gasteiger partial charge in [-0.25, -0.2) is 0 Å². The molecule has 2 nitrogen and oxygen atoms in total. The standard InChI is InChI=1S/C15H14BrCl2NO/c1-19-8-11-6-12(17)7-14(18)15(11)20-9-10-4-2-3-5-13(10)16/h2-7,19H,8-9H2,1H3. The first-order valence-electron chi connectivity index (χ1n) is 6.10. The second-order valence-electron chi connectivity index (χ2n) is 4.29. The fourth-order valence-corrected chi connectivity index (χ4v) is 2.85. The fourth-order valence-electron chi connectivity index (χ4n) is 1.86. The van der Waals surface area contributed by atoms with Gasteiger partial charge in [-0.05, 0) is 25.2 Å². The molecule has 0 aliphatic heterocycles. The van der Waals surface area contributed by atoms with Gasteiger partial charge in [0, 0.05) is 27.2 Å². The van der Waals surface area contributed by atoms with Crippen molar-refractivity contribution in [1.82, 2.24) is 5.32 Å². The molecule has 0 saturated heterocycles. The van der Waals surface area contributed by atoms with Crippen LogP contribution in [0.4, 0.5) is 0 Å². The predicted octanol–water partition coefficient (Wildman–Crippen LogP) is 5.05. The third kappa shape index (κ3) is 3.89. The third-order valence-electron chi connectivity index (χ3n) is 2.78. The maximum absolute atomic E-state index is 6.23. The molecule has 0 saturated carbocycles. The van der Waals surface area contributed by atoms with Gasteiger partial charge < -0.3 is 10.1 Å². The molecule has 20 heavy (non-hydrogen) atoms. The van der Waals surface area contributed by atoms with Crippen LogP contribution in [0.15, 0.2) is 40.9 Å². The van der Waals surface area contributed by atoms with Gasteiger partial charge >= 0.3 is 0 Å². The molecule has 0 aromatic heterocycles. The van der Waals surface area contributed by atoms with E-state index in [4.69, 9.17) is 27.9 Å². The second kappa shape index (κ2) is 7.32. The zero-order chi connectivity index (χ0) is 14.5. The normalized spacial score (nSPS) is 10.6. The summed E-state index contributed by atoms with van der Waals surface area (Å²) in [6, 6.07) is 11.5. The molecule has 0 bridgehead atoms. The summed E-state index contributed by atoms with van der Waals surface area (Å²) in [6.45, 7) is 1.09. The molecule has 0 aliphatic carbocycles. The quantitative estimate of drug-likeness (QED) is 0.790. The highest BCUT2D eigenvalue weighted by Gasteiger charge is 2.11. The van der Waals surface area contributed by atoms with Crippen LogP contribution in [-0.2, 0) is 13.2 Å². The molecule has 0 amide bonds. The van der Waals surface area contributed by atoms with Crippen LogP contribution in [0.25, 0.3) is 0 Å². The van der Waals surface area contributed by atoms with Crippen molar-refractivity contribution in [1.29, 1.82) is 0 Å². The Labute approximate surface area is 137 Å². The van der Waals surface area contributed by atoms with E-state index in [0.717, 1.165) is 15.6 Å². The minimum absolute atomic E-state index is 0.444. The first-order chi connectivity index (χ1) is 9.61. The summed E-state index contributed by atoms with van der Waals surface area (Å²) in [4.78, 5) is 0. The molecular weight excluding hydrogens is 361 g/mol. The molecular formula is C15H14BrCl2NO. The molecule has 5 heteroatoms. The summed E-state index contributed by atoms with van der Waals surface area (Å²) in [7, 11) is 1.87. The molecule has 0 spiro atoms. The summed E-state index contributed by atoms with van der Waals surface area (Å²) in [5.41, 5.74) is 2.01. The van der Waals surface area contributed by atoms with E-state index in [2.05, 4.69) is 21.2 Å². The summed E-state index contributed by atoms with van der Waals surface area (Å²) in [5, 5.41) is 4.21. The van der Waals surface area contributed by atoms with Crippen LogP contribution in [0.2, 0.25) is 10.0 Å². The molecule has 2 aromatic carbocycles. The van der Waals surface area contributed by atoms with Gasteiger partial charge in [-0.1, -0.05) is 57.3 Å². The lowest BCUT2D eigenvalue weighted by molar-refractivity contribution is 0.302. The Morgan fingerprint density at radius 2 is 1.90 bits per heavy atom. The first-order valence-corrected chi connectivity index (χ1v) is 7.65. The van der Waals surface area contributed by atoms with Crippen LogP contribution >= 0.6 is 39.1 Å². The van der Waals surface area contributed by atoms with Crippen molar-refractivity contribution in [3.63, 3.8) is 0 Å². The van der Waals surface area contributed by atoms with E-state index in [1.54, 1.807) is 6.07 Å². The van der Waals surface area contributed by atoms with E-state index in [-0.39, 0.29) is 0 Å². The molecule has 0 aliphatic rings. The van der Waals surface area contributed by atoms with Gasteiger partial charge in [0.05, 0.1) is 5.02 Å². The maximum Gasteiger partial charge on any atom is 0.142 e. The molecule has 0 heterocycles. The van der Waals surface area contributed by atoms with Gasteiger partial charge in [0.1, 0.15) is 12.4 Å². The number of rotatable bonds is 5. The number of benzene rings is 2. The van der Waals surface area contributed by atoms with Crippen molar-refractivity contribution in [2.75, 3.05) is 7.05 Å². The van der Waals surface area contributed by atoms with E-state index in [1.807, 2.05) is 37.4 Å². The molecule has 0 unspecified atom stereocenters. The zero-order valence-corrected chi connectivity index (χ0v) is 14.0. The average molecular weight is 375 g/mol. The zero-order valence-electron chi connectivity index (χ0n) is 10.9. The minimum Gasteiger partial charge on any atom is -0.487 e. The van der Waals surface area contributed by atoms with Crippen LogP contribution in [-0.4, -0.2) is 7.05 Å². The predicted molar refractivity (Wildman–Crippen MR) is 87.7 cm³/mol. The van der Waals surface area contributed by atoms with E-state index < -0.39 is 0 Å². The summed E-state index contributed by atoms with van der Waals surface area (Å²) >= 11 is 15.8. The molecule has 1 N–H and O–H groups in total. The van der Waals surface area contributed by atoms with E-state index in [9.17, 15) is 0 Å². The summed E-state index contributed by atoms with van der Waals surface area (Å²) < 4.78 is 6.90. The van der Waals surface area contributed by atoms with Crippen molar-refractivity contribution in [2.24, 2.45) is 0 Å². The van der Waals surface area contributed by atoms with Gasteiger partial charge in [-0.2, -0.15) is 0 Å². The largest absolute Gasteiger partial charge is 0.487 e. The third-order valence-corrected chi connectivity index (χ3v) is 4.05. The molecule has 106 valence electrons. The van der Waals surface area contributed by atoms with Crippen molar-refractivity contribution in [3.05, 3.63) is 62.0 Å². The van der Waals surface area contributed by atoms with Crippen LogP contribution in [0.3, 0.4) is 0 Å². The highest BCUT2D eigenvalue weighted by Crippen LogP contribution is 2.33. The monoisotopic (exact) mass is 373 g/mol. The van der Waals surface area contributed by atoms with Crippen LogP contribution < -0.4 is 10.1 Å². The van der Waals surface area contributed by atoms with E-state index in [1.165, 1.54) is 0 Å². The van der Waals surface area contributed by atoms with Crippen molar-refractivity contribution < 1.29 is 4.74 Å². The van der Waals surface area contributed by atoms with Crippen molar-refractivity contribution in [3.8, 4) is 5.75 Å². The molecule has 2 aromatic rings. The number of nitrogens with one attached hydrogen (secondary N) is 1. The molecule has 2 rings (SSSR count). The first kappa shape index (κ1) is 15.6. The van der Waals surface area contributed by atoms with Crippen LogP contribution in [0, 0.1) is 0 Å². The highest BCUT2D eigenvalue weighted by atomic mass is 79.9. The lowest BCUT2D eigenvalue weighted by atomic mass is 10.2. The van der Waals surface area contributed by atoms with Gasteiger partial charge in [-0.15, -0.1) is 0 Å². The second-order valence-corrected chi connectivity index (χ2v) is 5.98. The van der Waals surface area contributed by atoms with Crippen molar-refractivity contribution in [2.45, 2.75) is 13.2 Å². The Kier molecular flexibility index (Phi) is 5.73. The highest BCUT2D eigenvalue weighted by molar-refractivity contribution is 9.10. The molecule has 0 fully saturated rings. The van der Waals surface area contributed by atoms with Gasteiger partial charge in [0.15, 0.2) is 0 Å². The van der Waals surface area contributed by atoms with Crippen LogP contribution in [0.1, 0.15) is 11.1 Å². The Morgan fingerprint density at radius 1 is 1.15 bits per heavy atom. The Morgan fingerprint density at radius 3 is 2.60 bits per heavy atom. The number of halogens is 3. The average Bonchev–Trinajstić information content (AvgIpc) is 2.40.